The second kappa shape index (κ2) is 6.54. The topological polar surface area (TPSA) is 65.1 Å². The van der Waals surface area contributed by atoms with Gasteiger partial charge >= 0.3 is 0 Å². The molecule has 2 aliphatic rings. The second-order valence-corrected chi connectivity index (χ2v) is 8.46. The third-order valence-electron chi connectivity index (χ3n) is 6.30. The summed E-state index contributed by atoms with van der Waals surface area (Å²) in [6.45, 7) is 1.39. The average molecular weight is 393 g/mol. The van der Waals surface area contributed by atoms with Gasteiger partial charge in [-0.3, -0.25) is 4.79 Å². The van der Waals surface area contributed by atoms with Crippen LogP contribution in [0.2, 0.25) is 0 Å². The summed E-state index contributed by atoms with van der Waals surface area (Å²) < 4.78 is 13.5. The molecule has 1 fully saturated rings. The molecule has 1 N–H and O–H groups in total. The maximum absolute atomic E-state index is 13.5. The minimum absolute atomic E-state index is 0.0315. The number of H-pyrrole nitrogens is 1. The zero-order chi connectivity index (χ0) is 20.2. The van der Waals surface area contributed by atoms with Gasteiger partial charge in [0.05, 0.1) is 5.69 Å². The van der Waals surface area contributed by atoms with E-state index in [0.717, 1.165) is 48.8 Å². The van der Waals surface area contributed by atoms with Crippen LogP contribution in [-0.2, 0) is 11.8 Å². The van der Waals surface area contributed by atoms with Gasteiger partial charge in [0.25, 0.3) is 5.91 Å². The lowest BCUT2D eigenvalue weighted by atomic mass is 9.77. The first-order chi connectivity index (χ1) is 13.9. The number of carbonyl (C=O) groups excluding carboxylic acids is 1. The molecule has 1 aliphatic carbocycles. The number of aromatic amines is 1. The van der Waals surface area contributed by atoms with Crippen LogP contribution < -0.4 is 4.90 Å². The maximum Gasteiger partial charge on any atom is 0.270 e. The highest BCUT2D eigenvalue weighted by molar-refractivity contribution is 5.98. The Bertz CT molecular complexity index is 1100. The van der Waals surface area contributed by atoms with Crippen molar-refractivity contribution in [2.45, 2.75) is 31.1 Å². The first-order valence-corrected chi connectivity index (χ1v) is 10.1. The molecule has 1 saturated heterocycles. The number of aryl methyl sites for hydroxylation is 1. The van der Waals surface area contributed by atoms with E-state index in [4.69, 9.17) is 4.98 Å². The molecule has 1 aliphatic heterocycles. The van der Waals surface area contributed by atoms with E-state index < -0.39 is 0 Å². The SMILES string of the molecule is CN(C)c1ncc2c(n1)C1(CCCN(C(=O)c3cc4cc(F)ccc4[nH]3)C1)CC2. The smallest absolute Gasteiger partial charge is 0.270 e. The van der Waals surface area contributed by atoms with Crippen molar-refractivity contribution in [1.29, 1.82) is 0 Å². The number of amides is 1. The van der Waals surface area contributed by atoms with E-state index in [9.17, 15) is 9.18 Å². The van der Waals surface area contributed by atoms with Gasteiger partial charge in [-0.05, 0) is 55.5 Å². The van der Waals surface area contributed by atoms with Crippen molar-refractivity contribution in [3.8, 4) is 0 Å². The molecule has 1 aromatic carbocycles. The number of nitrogens with one attached hydrogen (secondary N) is 1. The largest absolute Gasteiger partial charge is 0.351 e. The molecule has 0 saturated carbocycles. The van der Waals surface area contributed by atoms with Crippen LogP contribution in [0.3, 0.4) is 0 Å². The van der Waals surface area contributed by atoms with Gasteiger partial charge in [0.2, 0.25) is 5.95 Å². The number of fused-ring (bicyclic) bond motifs is 3. The summed E-state index contributed by atoms with van der Waals surface area (Å²) in [5.74, 6) is 0.383. The molecule has 29 heavy (non-hydrogen) atoms. The quantitative estimate of drug-likeness (QED) is 0.726. The van der Waals surface area contributed by atoms with Gasteiger partial charge in [-0.15, -0.1) is 0 Å². The van der Waals surface area contributed by atoms with Gasteiger partial charge in [0.1, 0.15) is 11.5 Å². The van der Waals surface area contributed by atoms with E-state index in [1.54, 1.807) is 12.1 Å². The zero-order valence-electron chi connectivity index (χ0n) is 16.7. The lowest BCUT2D eigenvalue weighted by Crippen LogP contribution is -2.48. The minimum Gasteiger partial charge on any atom is -0.351 e. The Hall–Kier alpha value is -2.96. The lowest BCUT2D eigenvalue weighted by Gasteiger charge is -2.40. The fourth-order valence-electron chi connectivity index (χ4n) is 4.84. The van der Waals surface area contributed by atoms with Gasteiger partial charge in [0.15, 0.2) is 0 Å². The van der Waals surface area contributed by atoms with Crippen molar-refractivity contribution in [2.24, 2.45) is 0 Å². The van der Waals surface area contributed by atoms with Crippen LogP contribution in [0.25, 0.3) is 10.9 Å². The van der Waals surface area contributed by atoms with E-state index in [-0.39, 0.29) is 17.1 Å². The standard InChI is InChI=1S/C22H24FN5O/c1-27(2)21-24-12-14-6-8-22(19(14)26-21)7-3-9-28(13-22)20(29)18-11-15-10-16(23)4-5-17(15)25-18/h4-5,10-12,25H,3,6-9,13H2,1-2H3. The molecular formula is C22H24FN5O. The summed E-state index contributed by atoms with van der Waals surface area (Å²) >= 11 is 0. The molecule has 3 heterocycles. The number of rotatable bonds is 2. The summed E-state index contributed by atoms with van der Waals surface area (Å²) in [7, 11) is 3.89. The third kappa shape index (κ3) is 2.96. The lowest BCUT2D eigenvalue weighted by molar-refractivity contribution is 0.0628. The molecule has 7 heteroatoms. The summed E-state index contributed by atoms with van der Waals surface area (Å²) in [6, 6.07) is 6.27. The number of piperidine rings is 1. The zero-order valence-corrected chi connectivity index (χ0v) is 16.7. The molecule has 3 aromatic rings. The Morgan fingerprint density at radius 3 is 2.97 bits per heavy atom. The van der Waals surface area contributed by atoms with E-state index in [0.29, 0.717) is 18.2 Å². The highest BCUT2D eigenvalue weighted by Gasteiger charge is 2.45. The van der Waals surface area contributed by atoms with Gasteiger partial charge in [0, 0.05) is 49.7 Å². The Balaban J connectivity index is 1.45. The maximum atomic E-state index is 13.5. The Labute approximate surface area is 168 Å². The molecule has 2 aromatic heterocycles. The first-order valence-electron chi connectivity index (χ1n) is 10.1. The normalized spacial score (nSPS) is 21.0. The van der Waals surface area contributed by atoms with Crippen LogP contribution in [0.15, 0.2) is 30.5 Å². The predicted molar refractivity (Wildman–Crippen MR) is 110 cm³/mol. The monoisotopic (exact) mass is 393 g/mol. The Morgan fingerprint density at radius 1 is 1.28 bits per heavy atom. The molecule has 0 bridgehead atoms. The third-order valence-corrected chi connectivity index (χ3v) is 6.30. The highest BCUT2D eigenvalue weighted by Crippen LogP contribution is 2.44. The molecule has 1 amide bonds. The number of anilines is 1. The molecule has 1 unspecified atom stereocenters. The Kier molecular flexibility index (Phi) is 4.08. The predicted octanol–water partition coefficient (Wildman–Crippen LogP) is 3.28. The number of hydrogen-bond donors (Lipinski definition) is 1. The molecule has 150 valence electrons. The van der Waals surface area contributed by atoms with E-state index in [1.807, 2.05) is 30.1 Å². The van der Waals surface area contributed by atoms with Crippen LogP contribution in [0.4, 0.5) is 10.3 Å². The second-order valence-electron chi connectivity index (χ2n) is 8.46. The van der Waals surface area contributed by atoms with Crippen LogP contribution >= 0.6 is 0 Å². The minimum atomic E-state index is -0.300. The molecule has 0 radical (unpaired) electrons. The average Bonchev–Trinajstić information content (AvgIpc) is 3.29. The number of likely N-dealkylation sites (tertiary alicyclic amines) is 1. The molecule has 1 atom stereocenters. The van der Waals surface area contributed by atoms with Gasteiger partial charge < -0.3 is 14.8 Å². The number of aromatic nitrogens is 3. The van der Waals surface area contributed by atoms with Crippen LogP contribution in [0, 0.1) is 5.82 Å². The van der Waals surface area contributed by atoms with Crippen LogP contribution in [-0.4, -0.2) is 52.9 Å². The Morgan fingerprint density at radius 2 is 2.14 bits per heavy atom. The van der Waals surface area contributed by atoms with Crippen molar-refractivity contribution >= 4 is 22.8 Å². The fourth-order valence-corrected chi connectivity index (χ4v) is 4.84. The van der Waals surface area contributed by atoms with Crippen LogP contribution in [0.1, 0.15) is 41.0 Å². The van der Waals surface area contributed by atoms with Crippen molar-refractivity contribution in [3.63, 3.8) is 0 Å². The summed E-state index contributed by atoms with van der Waals surface area (Å²) in [5, 5.41) is 0.717. The fraction of sp³-hybridized carbons (Fsp3) is 0.409. The number of carbonyl (C=O) groups is 1. The summed E-state index contributed by atoms with van der Waals surface area (Å²) in [5.41, 5.74) is 3.49. The van der Waals surface area contributed by atoms with Gasteiger partial charge in [-0.1, -0.05) is 0 Å². The summed E-state index contributed by atoms with van der Waals surface area (Å²) in [6.07, 6.45) is 5.87. The van der Waals surface area contributed by atoms with E-state index in [1.165, 1.54) is 17.7 Å². The van der Waals surface area contributed by atoms with Crippen molar-refractivity contribution < 1.29 is 9.18 Å². The van der Waals surface area contributed by atoms with E-state index in [2.05, 4.69) is 9.97 Å². The van der Waals surface area contributed by atoms with Gasteiger partial charge in [-0.2, -0.15) is 0 Å². The number of nitrogens with zero attached hydrogens (tertiary/aromatic N) is 4. The highest BCUT2D eigenvalue weighted by atomic mass is 19.1. The van der Waals surface area contributed by atoms with Crippen molar-refractivity contribution in [3.05, 3.63) is 53.2 Å². The molecule has 6 nitrogen and oxygen atoms in total. The number of hydrogen-bond acceptors (Lipinski definition) is 4. The van der Waals surface area contributed by atoms with E-state index >= 15 is 0 Å². The number of halogens is 1. The number of benzene rings is 1. The molecule has 1 spiro atoms. The molecular weight excluding hydrogens is 369 g/mol. The van der Waals surface area contributed by atoms with Crippen molar-refractivity contribution in [1.82, 2.24) is 19.9 Å². The summed E-state index contributed by atoms with van der Waals surface area (Å²) in [4.78, 5) is 29.6. The van der Waals surface area contributed by atoms with Gasteiger partial charge in [-0.25, -0.2) is 14.4 Å². The van der Waals surface area contributed by atoms with Crippen molar-refractivity contribution in [2.75, 3.05) is 32.1 Å². The van der Waals surface area contributed by atoms with Crippen LogP contribution in [0.5, 0.6) is 0 Å². The molecule has 5 rings (SSSR count). The first kappa shape index (κ1) is 18.1.